The molecule has 1 spiro atoms. The Morgan fingerprint density at radius 3 is 2.67 bits per heavy atom. The van der Waals surface area contributed by atoms with Crippen LogP contribution in [0, 0.1) is 11.3 Å². The molecule has 1 aliphatic carbocycles. The zero-order valence-electron chi connectivity index (χ0n) is 11.5. The highest BCUT2D eigenvalue weighted by Gasteiger charge is 2.43. The van der Waals surface area contributed by atoms with Gasteiger partial charge in [0.25, 0.3) is 5.91 Å². The molecule has 0 aromatic heterocycles. The lowest BCUT2D eigenvalue weighted by atomic mass is 9.70. The monoisotopic (exact) mass is 251 g/mol. The number of carbonyl (C=O) groups is 1. The van der Waals surface area contributed by atoms with Crippen LogP contribution in [0.15, 0.2) is 0 Å². The standard InChI is InChI=1S/C15H25NO2/c1-12-4-6-15(7-5-12)8-9-16(11-15)14(17)13-3-2-10-18-13/h12-13H,2-11H2,1H3. The van der Waals surface area contributed by atoms with Gasteiger partial charge in [-0.2, -0.15) is 0 Å². The number of carbonyl (C=O) groups excluding carboxylic acids is 1. The lowest BCUT2D eigenvalue weighted by Crippen LogP contribution is -2.39. The molecule has 0 aromatic carbocycles. The number of amides is 1. The van der Waals surface area contributed by atoms with Crippen molar-refractivity contribution in [2.75, 3.05) is 19.7 Å². The molecule has 0 radical (unpaired) electrons. The van der Waals surface area contributed by atoms with Gasteiger partial charge in [-0.25, -0.2) is 0 Å². The van der Waals surface area contributed by atoms with Gasteiger partial charge < -0.3 is 9.64 Å². The summed E-state index contributed by atoms with van der Waals surface area (Å²) in [6.07, 6.45) is 8.42. The van der Waals surface area contributed by atoms with Crippen molar-refractivity contribution in [3.05, 3.63) is 0 Å². The topological polar surface area (TPSA) is 29.5 Å². The summed E-state index contributed by atoms with van der Waals surface area (Å²) in [4.78, 5) is 14.4. The van der Waals surface area contributed by atoms with Gasteiger partial charge in [0, 0.05) is 19.7 Å². The Labute approximate surface area is 110 Å². The molecule has 102 valence electrons. The molecule has 0 bridgehead atoms. The van der Waals surface area contributed by atoms with E-state index in [0.29, 0.717) is 5.41 Å². The fraction of sp³-hybridized carbons (Fsp3) is 0.933. The lowest BCUT2D eigenvalue weighted by molar-refractivity contribution is -0.140. The number of hydrogen-bond donors (Lipinski definition) is 0. The molecule has 2 aliphatic heterocycles. The van der Waals surface area contributed by atoms with E-state index in [1.807, 2.05) is 0 Å². The second-order valence-corrected chi connectivity index (χ2v) is 6.69. The first-order valence-electron chi connectivity index (χ1n) is 7.59. The van der Waals surface area contributed by atoms with Gasteiger partial charge >= 0.3 is 0 Å². The average Bonchev–Trinajstić information content (AvgIpc) is 3.03. The molecule has 0 aromatic rings. The van der Waals surface area contributed by atoms with E-state index in [9.17, 15) is 4.79 Å². The quantitative estimate of drug-likeness (QED) is 0.717. The van der Waals surface area contributed by atoms with Gasteiger partial charge in [0.2, 0.25) is 0 Å². The first kappa shape index (κ1) is 12.5. The molecule has 2 heterocycles. The molecule has 3 nitrogen and oxygen atoms in total. The maximum Gasteiger partial charge on any atom is 0.251 e. The van der Waals surface area contributed by atoms with E-state index in [1.165, 1.54) is 32.1 Å². The Kier molecular flexibility index (Phi) is 3.35. The summed E-state index contributed by atoms with van der Waals surface area (Å²) in [5.41, 5.74) is 0.459. The highest BCUT2D eigenvalue weighted by atomic mass is 16.5. The van der Waals surface area contributed by atoms with E-state index in [2.05, 4.69) is 11.8 Å². The van der Waals surface area contributed by atoms with Gasteiger partial charge in [0.1, 0.15) is 6.10 Å². The van der Waals surface area contributed by atoms with Crippen molar-refractivity contribution in [2.24, 2.45) is 11.3 Å². The Bertz CT molecular complexity index is 314. The fourth-order valence-corrected chi connectivity index (χ4v) is 3.88. The maximum atomic E-state index is 12.3. The maximum absolute atomic E-state index is 12.3. The SMILES string of the molecule is CC1CCC2(CC1)CCN(C(=O)C1CCCO1)C2. The molecule has 2 saturated heterocycles. The van der Waals surface area contributed by atoms with Gasteiger partial charge in [0.05, 0.1) is 0 Å². The van der Waals surface area contributed by atoms with E-state index in [0.717, 1.165) is 38.5 Å². The largest absolute Gasteiger partial charge is 0.368 e. The molecule has 1 atom stereocenters. The van der Waals surface area contributed by atoms with Crippen LogP contribution in [0.4, 0.5) is 0 Å². The van der Waals surface area contributed by atoms with Crippen molar-refractivity contribution in [3.63, 3.8) is 0 Å². The van der Waals surface area contributed by atoms with Crippen LogP contribution in [0.25, 0.3) is 0 Å². The van der Waals surface area contributed by atoms with Crippen LogP contribution in [-0.4, -0.2) is 36.6 Å². The second-order valence-electron chi connectivity index (χ2n) is 6.69. The summed E-state index contributed by atoms with van der Waals surface area (Å²) in [6, 6.07) is 0. The Hall–Kier alpha value is -0.570. The summed E-state index contributed by atoms with van der Waals surface area (Å²) >= 11 is 0. The minimum absolute atomic E-state index is 0.123. The molecular weight excluding hydrogens is 226 g/mol. The zero-order valence-corrected chi connectivity index (χ0v) is 11.5. The van der Waals surface area contributed by atoms with Crippen LogP contribution >= 0.6 is 0 Å². The highest BCUT2D eigenvalue weighted by molar-refractivity contribution is 5.81. The fourth-order valence-electron chi connectivity index (χ4n) is 3.88. The molecule has 3 heteroatoms. The van der Waals surface area contributed by atoms with Crippen molar-refractivity contribution in [1.82, 2.24) is 4.90 Å². The molecule has 18 heavy (non-hydrogen) atoms. The van der Waals surface area contributed by atoms with E-state index in [-0.39, 0.29) is 12.0 Å². The lowest BCUT2D eigenvalue weighted by Gasteiger charge is -2.36. The molecular formula is C15H25NO2. The Morgan fingerprint density at radius 1 is 1.22 bits per heavy atom. The second kappa shape index (κ2) is 4.84. The predicted molar refractivity (Wildman–Crippen MR) is 70.2 cm³/mol. The third kappa shape index (κ3) is 2.29. The predicted octanol–water partition coefficient (Wildman–Crippen LogP) is 2.59. The average molecular weight is 251 g/mol. The number of ether oxygens (including phenoxy) is 1. The normalized spacial score (nSPS) is 40.6. The molecule has 1 amide bonds. The van der Waals surface area contributed by atoms with Crippen LogP contribution in [0.3, 0.4) is 0 Å². The van der Waals surface area contributed by atoms with Gasteiger partial charge in [-0.15, -0.1) is 0 Å². The number of likely N-dealkylation sites (tertiary alicyclic amines) is 1. The molecule has 3 rings (SSSR count). The smallest absolute Gasteiger partial charge is 0.251 e. The van der Waals surface area contributed by atoms with E-state index >= 15 is 0 Å². The van der Waals surface area contributed by atoms with Crippen LogP contribution in [0.5, 0.6) is 0 Å². The first-order chi connectivity index (χ1) is 8.69. The zero-order chi connectivity index (χ0) is 12.6. The highest BCUT2D eigenvalue weighted by Crippen LogP contribution is 2.45. The van der Waals surface area contributed by atoms with Crippen LogP contribution in [0.1, 0.15) is 51.9 Å². The Balaban J connectivity index is 1.59. The molecule has 0 N–H and O–H groups in total. The molecule has 1 saturated carbocycles. The van der Waals surface area contributed by atoms with E-state index in [4.69, 9.17) is 4.74 Å². The minimum Gasteiger partial charge on any atom is -0.368 e. The number of hydrogen-bond acceptors (Lipinski definition) is 2. The Morgan fingerprint density at radius 2 is 2.00 bits per heavy atom. The van der Waals surface area contributed by atoms with E-state index in [1.54, 1.807) is 0 Å². The third-order valence-corrected chi connectivity index (χ3v) is 5.29. The summed E-state index contributed by atoms with van der Waals surface area (Å²) in [5, 5.41) is 0. The van der Waals surface area contributed by atoms with Gasteiger partial charge in [-0.1, -0.05) is 19.8 Å². The van der Waals surface area contributed by atoms with Crippen LogP contribution < -0.4 is 0 Å². The molecule has 3 fully saturated rings. The summed E-state index contributed by atoms with van der Waals surface area (Å²) in [6.45, 7) is 5.09. The van der Waals surface area contributed by atoms with Gasteiger partial charge in [-0.3, -0.25) is 4.79 Å². The van der Waals surface area contributed by atoms with Crippen LogP contribution in [-0.2, 0) is 9.53 Å². The first-order valence-corrected chi connectivity index (χ1v) is 7.59. The van der Waals surface area contributed by atoms with Gasteiger partial charge in [-0.05, 0) is 43.4 Å². The summed E-state index contributed by atoms with van der Waals surface area (Å²) in [5.74, 6) is 1.15. The summed E-state index contributed by atoms with van der Waals surface area (Å²) in [7, 11) is 0. The van der Waals surface area contributed by atoms with Crippen molar-refractivity contribution in [2.45, 2.75) is 58.0 Å². The number of rotatable bonds is 1. The summed E-state index contributed by atoms with van der Waals surface area (Å²) < 4.78 is 5.53. The molecule has 3 aliphatic rings. The molecule has 1 unspecified atom stereocenters. The third-order valence-electron chi connectivity index (χ3n) is 5.29. The van der Waals surface area contributed by atoms with Crippen molar-refractivity contribution < 1.29 is 9.53 Å². The van der Waals surface area contributed by atoms with E-state index < -0.39 is 0 Å². The van der Waals surface area contributed by atoms with Crippen molar-refractivity contribution in [1.29, 1.82) is 0 Å². The number of nitrogens with zero attached hydrogens (tertiary/aromatic N) is 1. The van der Waals surface area contributed by atoms with Crippen LogP contribution in [0.2, 0.25) is 0 Å². The van der Waals surface area contributed by atoms with Gasteiger partial charge in [0.15, 0.2) is 0 Å². The van der Waals surface area contributed by atoms with Crippen molar-refractivity contribution in [3.8, 4) is 0 Å². The van der Waals surface area contributed by atoms with Crippen molar-refractivity contribution >= 4 is 5.91 Å². The minimum atomic E-state index is -0.123.